The fourth-order valence-corrected chi connectivity index (χ4v) is 2.95. The van der Waals surface area contributed by atoms with Gasteiger partial charge >= 0.3 is 0 Å². The van der Waals surface area contributed by atoms with Crippen molar-refractivity contribution < 1.29 is 19.0 Å². The molecule has 1 aromatic rings. The molecule has 116 valence electrons. The molecule has 1 aliphatic rings. The van der Waals surface area contributed by atoms with Crippen LogP contribution in [-0.2, 0) is 20.4 Å². The molecule has 0 unspecified atom stereocenters. The molecule has 4 heteroatoms. The van der Waals surface area contributed by atoms with Gasteiger partial charge in [-0.15, -0.1) is 0 Å². The molecule has 1 aliphatic carbocycles. The summed E-state index contributed by atoms with van der Waals surface area (Å²) in [5.74, 6) is 1.00. The van der Waals surface area contributed by atoms with Crippen molar-refractivity contribution in [2.45, 2.75) is 51.4 Å². The van der Waals surface area contributed by atoms with E-state index in [1.165, 1.54) is 11.1 Å². The Morgan fingerprint density at radius 1 is 1.05 bits per heavy atom. The first-order valence-corrected chi connectivity index (χ1v) is 7.23. The maximum absolute atomic E-state index is 10.7. The standard InChI is InChI=1S/C17H24O4/c1-16(2)6-7-17(3,4)13-9-15(21-11-19-5)14(20-10-18)8-12(13)16/h8-10H,6-7,11H2,1-5H3. The SMILES string of the molecule is COCOc1cc2c(cc1OC=O)C(C)(C)CCC2(C)C. The highest BCUT2D eigenvalue weighted by molar-refractivity contribution is 5.57. The maximum Gasteiger partial charge on any atom is 0.298 e. The monoisotopic (exact) mass is 292 g/mol. The minimum atomic E-state index is 0.0611. The fourth-order valence-electron chi connectivity index (χ4n) is 2.95. The van der Waals surface area contributed by atoms with E-state index >= 15 is 0 Å². The number of carbonyl (C=O) groups is 1. The summed E-state index contributed by atoms with van der Waals surface area (Å²) in [6, 6.07) is 3.93. The minimum absolute atomic E-state index is 0.0611. The molecule has 0 saturated carbocycles. The molecule has 0 bridgehead atoms. The molecule has 21 heavy (non-hydrogen) atoms. The molecule has 0 saturated heterocycles. The van der Waals surface area contributed by atoms with Crippen molar-refractivity contribution >= 4 is 6.47 Å². The molecule has 1 aromatic carbocycles. The maximum atomic E-state index is 10.7. The molecular weight excluding hydrogens is 268 g/mol. The third-order valence-corrected chi connectivity index (χ3v) is 4.42. The zero-order chi connectivity index (χ0) is 15.7. The second kappa shape index (κ2) is 5.68. The summed E-state index contributed by atoms with van der Waals surface area (Å²) in [5.41, 5.74) is 2.62. The second-order valence-electron chi connectivity index (χ2n) is 6.88. The Labute approximate surface area is 126 Å². The lowest BCUT2D eigenvalue weighted by Gasteiger charge is -2.42. The van der Waals surface area contributed by atoms with Crippen LogP contribution in [0.15, 0.2) is 12.1 Å². The van der Waals surface area contributed by atoms with Gasteiger partial charge in [0.05, 0.1) is 0 Å². The predicted molar refractivity (Wildman–Crippen MR) is 80.9 cm³/mol. The zero-order valence-electron chi connectivity index (χ0n) is 13.5. The number of ether oxygens (including phenoxy) is 3. The topological polar surface area (TPSA) is 44.8 Å². The second-order valence-corrected chi connectivity index (χ2v) is 6.88. The highest BCUT2D eigenvalue weighted by Crippen LogP contribution is 2.49. The number of rotatable bonds is 5. The van der Waals surface area contributed by atoms with Gasteiger partial charge < -0.3 is 14.2 Å². The summed E-state index contributed by atoms with van der Waals surface area (Å²) in [6.45, 7) is 9.48. The first-order valence-electron chi connectivity index (χ1n) is 7.23. The summed E-state index contributed by atoms with van der Waals surface area (Å²) in [4.78, 5) is 10.7. The van der Waals surface area contributed by atoms with Gasteiger partial charge in [-0.3, -0.25) is 4.79 Å². The fraction of sp³-hybridized carbons (Fsp3) is 0.588. The van der Waals surface area contributed by atoms with Gasteiger partial charge in [-0.1, -0.05) is 27.7 Å². The summed E-state index contributed by atoms with van der Waals surface area (Å²) in [7, 11) is 1.56. The van der Waals surface area contributed by atoms with Crippen molar-refractivity contribution in [3.63, 3.8) is 0 Å². The van der Waals surface area contributed by atoms with E-state index in [2.05, 4.69) is 27.7 Å². The Hall–Kier alpha value is -1.55. The van der Waals surface area contributed by atoms with Crippen molar-refractivity contribution in [1.82, 2.24) is 0 Å². The van der Waals surface area contributed by atoms with Gasteiger partial charge in [-0.2, -0.15) is 0 Å². The van der Waals surface area contributed by atoms with Crippen LogP contribution in [0.25, 0.3) is 0 Å². The number of hydrogen-bond donors (Lipinski definition) is 0. The summed E-state index contributed by atoms with van der Waals surface area (Å²) in [6.07, 6.45) is 2.22. The van der Waals surface area contributed by atoms with Crippen LogP contribution in [0, 0.1) is 0 Å². The van der Waals surface area contributed by atoms with E-state index in [9.17, 15) is 4.79 Å². The van der Waals surface area contributed by atoms with Crippen molar-refractivity contribution in [3.8, 4) is 11.5 Å². The average Bonchev–Trinajstić information content (AvgIpc) is 2.42. The van der Waals surface area contributed by atoms with Gasteiger partial charge in [0.1, 0.15) is 0 Å². The Morgan fingerprint density at radius 3 is 2.05 bits per heavy atom. The molecule has 0 atom stereocenters. The van der Waals surface area contributed by atoms with E-state index in [1.54, 1.807) is 7.11 Å². The number of carbonyl (C=O) groups excluding carboxylic acids is 1. The smallest absolute Gasteiger partial charge is 0.298 e. The average molecular weight is 292 g/mol. The molecule has 0 radical (unpaired) electrons. The lowest BCUT2D eigenvalue weighted by molar-refractivity contribution is -0.120. The lowest BCUT2D eigenvalue weighted by atomic mass is 9.63. The molecule has 4 nitrogen and oxygen atoms in total. The van der Waals surface area contributed by atoms with Gasteiger partial charge in [0.15, 0.2) is 18.3 Å². The Morgan fingerprint density at radius 2 is 1.57 bits per heavy atom. The Bertz CT molecular complexity index is 532. The van der Waals surface area contributed by atoms with Gasteiger partial charge in [-0.25, -0.2) is 0 Å². The molecule has 0 N–H and O–H groups in total. The van der Waals surface area contributed by atoms with Crippen LogP contribution in [0.4, 0.5) is 0 Å². The predicted octanol–water partition coefficient (Wildman–Crippen LogP) is 3.55. The third-order valence-electron chi connectivity index (χ3n) is 4.42. The van der Waals surface area contributed by atoms with E-state index in [4.69, 9.17) is 14.2 Å². The van der Waals surface area contributed by atoms with E-state index in [-0.39, 0.29) is 17.6 Å². The third kappa shape index (κ3) is 3.05. The highest BCUT2D eigenvalue weighted by Gasteiger charge is 2.38. The Balaban J connectivity index is 2.57. The largest absolute Gasteiger partial charge is 0.464 e. The van der Waals surface area contributed by atoms with Crippen LogP contribution >= 0.6 is 0 Å². The first kappa shape index (κ1) is 15.8. The number of benzene rings is 1. The van der Waals surface area contributed by atoms with Crippen LogP contribution in [0.1, 0.15) is 51.7 Å². The summed E-state index contributed by atoms with van der Waals surface area (Å²) < 4.78 is 15.6. The molecule has 0 heterocycles. The van der Waals surface area contributed by atoms with Crippen molar-refractivity contribution in [2.75, 3.05) is 13.9 Å². The first-order chi connectivity index (χ1) is 9.81. The molecule has 0 amide bonds. The lowest BCUT2D eigenvalue weighted by Crippen LogP contribution is -2.33. The van der Waals surface area contributed by atoms with Crippen molar-refractivity contribution in [1.29, 1.82) is 0 Å². The van der Waals surface area contributed by atoms with E-state index in [1.807, 2.05) is 12.1 Å². The Kier molecular flexibility index (Phi) is 4.28. The molecule has 0 aliphatic heterocycles. The van der Waals surface area contributed by atoms with Crippen LogP contribution < -0.4 is 9.47 Å². The van der Waals surface area contributed by atoms with Crippen molar-refractivity contribution in [2.24, 2.45) is 0 Å². The molecular formula is C17H24O4. The van der Waals surface area contributed by atoms with Crippen LogP contribution in [-0.4, -0.2) is 20.4 Å². The minimum Gasteiger partial charge on any atom is -0.464 e. The van der Waals surface area contributed by atoms with Crippen molar-refractivity contribution in [3.05, 3.63) is 23.3 Å². The zero-order valence-corrected chi connectivity index (χ0v) is 13.5. The number of fused-ring (bicyclic) bond motifs is 1. The highest BCUT2D eigenvalue weighted by atomic mass is 16.7. The quantitative estimate of drug-likeness (QED) is 0.615. The van der Waals surface area contributed by atoms with E-state index in [0.29, 0.717) is 18.0 Å². The van der Waals surface area contributed by atoms with Gasteiger partial charge in [0.25, 0.3) is 6.47 Å². The van der Waals surface area contributed by atoms with Crippen LogP contribution in [0.5, 0.6) is 11.5 Å². The number of methoxy groups -OCH3 is 1. The van der Waals surface area contributed by atoms with Gasteiger partial charge in [0, 0.05) is 7.11 Å². The summed E-state index contributed by atoms with van der Waals surface area (Å²) >= 11 is 0. The van der Waals surface area contributed by atoms with E-state index in [0.717, 1.165) is 12.8 Å². The normalized spacial score (nSPS) is 18.7. The molecule has 0 fully saturated rings. The van der Waals surface area contributed by atoms with Gasteiger partial charge in [0.2, 0.25) is 0 Å². The summed E-state index contributed by atoms with van der Waals surface area (Å²) in [5, 5.41) is 0. The van der Waals surface area contributed by atoms with Gasteiger partial charge in [-0.05, 0) is 46.9 Å². The number of hydrogen-bond acceptors (Lipinski definition) is 4. The molecule has 2 rings (SSSR count). The van der Waals surface area contributed by atoms with Crippen LogP contribution in [0.2, 0.25) is 0 Å². The molecule has 0 spiro atoms. The van der Waals surface area contributed by atoms with Crippen LogP contribution in [0.3, 0.4) is 0 Å². The molecule has 0 aromatic heterocycles. The van der Waals surface area contributed by atoms with E-state index < -0.39 is 0 Å².